The van der Waals surface area contributed by atoms with Crippen LogP contribution >= 0.6 is 15.9 Å². The molecule has 8 heteroatoms. The first kappa shape index (κ1) is 14.7. The summed E-state index contributed by atoms with van der Waals surface area (Å²) in [7, 11) is 0. The second kappa shape index (κ2) is 5.55. The van der Waals surface area contributed by atoms with Crippen LogP contribution < -0.4 is 17.3 Å². The lowest BCUT2D eigenvalue weighted by atomic mass is 9.90. The van der Waals surface area contributed by atoms with Crippen LogP contribution in [0.4, 0.5) is 4.79 Å². The van der Waals surface area contributed by atoms with Crippen LogP contribution in [0, 0.1) is 5.92 Å². The molecule has 0 aromatic rings. The van der Waals surface area contributed by atoms with E-state index in [0.29, 0.717) is 13.2 Å². The van der Waals surface area contributed by atoms with Gasteiger partial charge < -0.3 is 22.0 Å². The van der Waals surface area contributed by atoms with E-state index in [1.807, 2.05) is 17.3 Å². The first-order valence-corrected chi connectivity index (χ1v) is 7.52. The third kappa shape index (κ3) is 2.33. The lowest BCUT2D eigenvalue weighted by molar-refractivity contribution is -0.685. The molecule has 0 aliphatic carbocycles. The average Bonchev–Trinajstić information content (AvgIpc) is 3.01. The summed E-state index contributed by atoms with van der Waals surface area (Å²) in [5, 5.41) is 0. The van der Waals surface area contributed by atoms with Crippen LogP contribution in [-0.2, 0) is 4.74 Å². The van der Waals surface area contributed by atoms with Crippen molar-refractivity contribution in [3.05, 3.63) is 23.8 Å². The summed E-state index contributed by atoms with van der Waals surface area (Å²) in [5.74, 6) is 0.259. The highest BCUT2D eigenvalue weighted by Gasteiger charge is 2.42. The normalized spacial score (nSPS) is 33.4. The van der Waals surface area contributed by atoms with E-state index in [0.717, 1.165) is 33.9 Å². The highest BCUT2D eigenvalue weighted by atomic mass is 79.9. The Hall–Kier alpha value is -1.18. The van der Waals surface area contributed by atoms with Gasteiger partial charge in [-0.15, -0.1) is 0 Å². The maximum Gasteiger partial charge on any atom is 0.410 e. The minimum absolute atomic E-state index is 0. The topological polar surface area (TPSA) is 58.7 Å². The lowest BCUT2D eigenvalue weighted by Gasteiger charge is -2.32. The fourth-order valence-corrected chi connectivity index (χ4v) is 3.75. The highest BCUT2D eigenvalue weighted by molar-refractivity contribution is 9.18. The molecule has 0 aromatic carbocycles. The molecule has 6 nitrogen and oxygen atoms in total. The molecule has 4 aliphatic rings. The zero-order chi connectivity index (χ0) is 13.7. The van der Waals surface area contributed by atoms with Crippen molar-refractivity contribution in [3.8, 4) is 0 Å². The number of amides is 1. The molecule has 3 atom stereocenters. The summed E-state index contributed by atoms with van der Waals surface area (Å²) in [4.78, 5) is 23.5. The average molecular weight is 374 g/mol. The van der Waals surface area contributed by atoms with Gasteiger partial charge >= 0.3 is 6.09 Å². The third-order valence-electron chi connectivity index (χ3n) is 4.26. The molecule has 2 saturated heterocycles. The number of fused-ring (bicyclic) bond motifs is 2. The van der Waals surface area contributed by atoms with Gasteiger partial charge in [0.25, 0.3) is 4.74 Å². The predicted molar refractivity (Wildman–Crippen MR) is 76.5 cm³/mol. The quantitative estimate of drug-likeness (QED) is 0.523. The van der Waals surface area contributed by atoms with Crippen molar-refractivity contribution in [2.24, 2.45) is 15.9 Å². The van der Waals surface area contributed by atoms with Gasteiger partial charge in [-0.1, -0.05) is 0 Å². The number of aliphatic imine (C=N–C) groups is 2. The van der Waals surface area contributed by atoms with Crippen LogP contribution in [0.1, 0.15) is 12.8 Å². The van der Waals surface area contributed by atoms with E-state index < -0.39 is 0 Å². The summed E-state index contributed by atoms with van der Waals surface area (Å²) in [6.07, 6.45) is 7.41. The molecule has 1 unspecified atom stereocenters. The van der Waals surface area contributed by atoms with Gasteiger partial charge in [-0.3, -0.25) is 4.99 Å². The van der Waals surface area contributed by atoms with Gasteiger partial charge in [0, 0.05) is 28.4 Å². The third-order valence-corrected chi connectivity index (χ3v) is 4.87. The van der Waals surface area contributed by atoms with Gasteiger partial charge in [-0.05, 0) is 12.8 Å². The molecule has 0 saturated carbocycles. The molecule has 1 N–H and O–H groups in total. The Morgan fingerprint density at radius 3 is 3.14 bits per heavy atom. The van der Waals surface area contributed by atoms with E-state index in [-0.39, 0.29) is 30.5 Å². The Labute approximate surface area is 136 Å². The lowest BCUT2D eigenvalue weighted by Crippen LogP contribution is -3.07. The van der Waals surface area contributed by atoms with Crippen molar-refractivity contribution >= 4 is 33.0 Å². The highest BCUT2D eigenvalue weighted by Crippen LogP contribution is 2.33. The Balaban J connectivity index is 0.00000132. The first-order valence-electron chi connectivity index (χ1n) is 6.73. The van der Waals surface area contributed by atoms with E-state index in [9.17, 15) is 4.79 Å². The number of nitrogens with one attached hydrogen (secondary N) is 1. The van der Waals surface area contributed by atoms with Gasteiger partial charge in [0.15, 0.2) is 5.70 Å². The van der Waals surface area contributed by atoms with Gasteiger partial charge in [-0.25, -0.2) is 9.69 Å². The number of cyclic esters (lactones) is 1. The van der Waals surface area contributed by atoms with Crippen LogP contribution in [-0.4, -0.2) is 41.1 Å². The van der Waals surface area contributed by atoms with Gasteiger partial charge in [0.05, 0.1) is 18.5 Å². The number of hydrogen-bond acceptors (Lipinski definition) is 4. The van der Waals surface area contributed by atoms with Crippen LogP contribution in [0.5, 0.6) is 0 Å². The molecule has 0 radical (unpaired) electrons. The number of piperidine rings is 1. The van der Waals surface area contributed by atoms with Crippen LogP contribution in [0.2, 0.25) is 0 Å². The second-order valence-electron chi connectivity index (χ2n) is 5.37. The number of nitrogens with zero attached hydrogens (tertiary/aromatic N) is 3. The molecule has 112 valence electrons. The molecule has 4 heterocycles. The monoisotopic (exact) mass is 372 g/mol. The molecule has 4 aliphatic heterocycles. The minimum atomic E-state index is -0.187. The van der Waals surface area contributed by atoms with Crippen molar-refractivity contribution in [1.82, 2.24) is 4.90 Å². The summed E-state index contributed by atoms with van der Waals surface area (Å²) < 4.78 is 5.98. The number of ether oxygens (including phenoxy) is 1. The molecule has 21 heavy (non-hydrogen) atoms. The number of allylic oxidation sites excluding steroid dienone is 1. The smallest absolute Gasteiger partial charge is 0.410 e. The van der Waals surface area contributed by atoms with Gasteiger partial charge in [-0.2, -0.15) is 4.99 Å². The first-order chi connectivity index (χ1) is 9.74. The van der Waals surface area contributed by atoms with Crippen LogP contribution in [0.15, 0.2) is 33.8 Å². The molecular formula is C13H14BrClN4O2. The van der Waals surface area contributed by atoms with Gasteiger partial charge in [0.1, 0.15) is 18.5 Å². The minimum Gasteiger partial charge on any atom is -1.00 e. The van der Waals surface area contributed by atoms with E-state index in [1.165, 1.54) is 0 Å². The number of carbonyl (C=O) groups excluding carboxylic acids is 1. The summed E-state index contributed by atoms with van der Waals surface area (Å²) >= 11 is 3.51. The summed E-state index contributed by atoms with van der Waals surface area (Å²) in [5.41, 5.74) is 2.12. The molecule has 0 spiro atoms. The molecule has 4 rings (SSSR count). The number of hydrogen-bond donors (Lipinski definition) is 1. The van der Waals surface area contributed by atoms with E-state index in [4.69, 9.17) is 4.74 Å². The largest absolute Gasteiger partial charge is 1.00 e. The number of quaternary nitrogens is 1. The Morgan fingerprint density at radius 1 is 1.43 bits per heavy atom. The van der Waals surface area contributed by atoms with E-state index in [2.05, 4.69) is 25.9 Å². The zero-order valence-electron chi connectivity index (χ0n) is 11.1. The van der Waals surface area contributed by atoms with Crippen molar-refractivity contribution in [2.45, 2.75) is 18.9 Å². The van der Waals surface area contributed by atoms with E-state index in [1.54, 1.807) is 6.20 Å². The fourth-order valence-electron chi connectivity index (χ4n) is 3.21. The van der Waals surface area contributed by atoms with Crippen LogP contribution in [0.3, 0.4) is 0 Å². The van der Waals surface area contributed by atoms with Crippen LogP contribution in [0.25, 0.3) is 0 Å². The van der Waals surface area contributed by atoms with Crippen molar-refractivity contribution in [1.29, 1.82) is 0 Å². The number of amidine groups is 1. The molecule has 0 bridgehead atoms. The maximum atomic E-state index is 11.7. The fraction of sp³-hybridized carbons (Fsp3) is 0.462. The predicted octanol–water partition coefficient (Wildman–Crippen LogP) is -2.36. The molecule has 1 amide bonds. The molecule has 0 aromatic heterocycles. The number of carbonyl (C=O) groups is 1. The number of halogens is 2. The Bertz CT molecular complexity index is 601. The van der Waals surface area contributed by atoms with Crippen molar-refractivity contribution < 1.29 is 26.8 Å². The Morgan fingerprint density at radius 2 is 2.29 bits per heavy atom. The molecular weight excluding hydrogens is 360 g/mol. The summed E-state index contributed by atoms with van der Waals surface area (Å²) in [6.45, 7) is 1.23. The second-order valence-corrected chi connectivity index (χ2v) is 6.12. The van der Waals surface area contributed by atoms with E-state index >= 15 is 0 Å². The Kier molecular flexibility index (Phi) is 3.90. The standard InChI is InChI=1S/C13H13BrN4O2.ClH/c14-12-16-11(10-5-15-3-4-17(10)12)8-1-2-9-7-20-13(19)18(9)6-8;/h3-5,8-9H,1-2,6-7H2;1H/t8-,9+;/m1./s1. The van der Waals surface area contributed by atoms with Gasteiger partial charge in [0.2, 0.25) is 0 Å². The van der Waals surface area contributed by atoms with Crippen molar-refractivity contribution in [3.63, 3.8) is 0 Å². The van der Waals surface area contributed by atoms with Crippen molar-refractivity contribution in [2.75, 3.05) is 13.2 Å². The number of rotatable bonds is 1. The zero-order valence-corrected chi connectivity index (χ0v) is 13.5. The SMILES string of the molecule is O=C1OC[C@@H]2CC[C@@H](C3=C4C=NC=C[NH+]4C(Br)=N3)CN12.[Cl-]. The molecule has 2 fully saturated rings. The summed E-state index contributed by atoms with van der Waals surface area (Å²) in [6, 6.07) is 0.251. The maximum absolute atomic E-state index is 11.7.